The zero-order valence-corrected chi connectivity index (χ0v) is 18.9. The number of nitrogens with zero attached hydrogens (tertiary/aromatic N) is 1. The van der Waals surface area contributed by atoms with E-state index in [9.17, 15) is 9.90 Å². The van der Waals surface area contributed by atoms with Crippen molar-refractivity contribution >= 4 is 29.5 Å². The van der Waals surface area contributed by atoms with Crippen LogP contribution < -0.4 is 9.47 Å². The van der Waals surface area contributed by atoms with Gasteiger partial charge in [0.2, 0.25) is 0 Å². The fraction of sp³-hybridized carbons (Fsp3) is 0.458. The molecule has 5 nitrogen and oxygen atoms in total. The van der Waals surface area contributed by atoms with Crippen LogP contribution in [0.5, 0.6) is 11.5 Å². The Morgan fingerprint density at radius 1 is 1.19 bits per heavy atom. The topological polar surface area (TPSA) is 59.0 Å². The number of piperidine rings is 1. The van der Waals surface area contributed by atoms with Gasteiger partial charge in [0.05, 0.1) is 25.7 Å². The first-order valence-electron chi connectivity index (χ1n) is 10.7. The molecule has 1 saturated heterocycles. The van der Waals surface area contributed by atoms with E-state index in [0.29, 0.717) is 36.2 Å². The van der Waals surface area contributed by atoms with E-state index in [2.05, 4.69) is 11.0 Å². The van der Waals surface area contributed by atoms with Crippen molar-refractivity contribution in [2.24, 2.45) is 5.92 Å². The molecular weight excluding hydrogens is 437 g/mol. The van der Waals surface area contributed by atoms with Crippen LogP contribution in [0.25, 0.3) is 0 Å². The average molecular weight is 464 g/mol. The van der Waals surface area contributed by atoms with E-state index in [1.165, 1.54) is 5.56 Å². The molecule has 1 atom stereocenters. The molecule has 2 aliphatic rings. The number of carbonyl (C=O) groups is 1. The SMILES string of the molecule is O=CC(CO)CN1CCC2(CC1)COc1cc(OCCc3ccc(Cl)cc3Cl)ccc12. The Morgan fingerprint density at radius 3 is 2.71 bits per heavy atom. The molecule has 1 spiro atoms. The fourth-order valence-electron chi connectivity index (χ4n) is 4.50. The summed E-state index contributed by atoms with van der Waals surface area (Å²) in [5, 5.41) is 10.5. The molecule has 0 saturated carbocycles. The Kier molecular flexibility index (Phi) is 7.07. The molecule has 1 unspecified atom stereocenters. The molecule has 1 fully saturated rings. The minimum atomic E-state index is -0.302. The summed E-state index contributed by atoms with van der Waals surface area (Å²) in [6.07, 6.45) is 3.50. The van der Waals surface area contributed by atoms with Gasteiger partial charge in [-0.2, -0.15) is 0 Å². The molecule has 1 N–H and O–H groups in total. The maximum absolute atomic E-state index is 11.0. The van der Waals surface area contributed by atoms with Gasteiger partial charge in [0, 0.05) is 40.1 Å². The van der Waals surface area contributed by atoms with E-state index in [1.807, 2.05) is 24.3 Å². The predicted octanol–water partition coefficient (Wildman–Crippen LogP) is 4.15. The first kappa shape index (κ1) is 22.4. The van der Waals surface area contributed by atoms with Gasteiger partial charge < -0.3 is 24.3 Å². The number of aliphatic hydroxyl groups is 1. The van der Waals surface area contributed by atoms with Crippen molar-refractivity contribution in [2.45, 2.75) is 24.7 Å². The van der Waals surface area contributed by atoms with Crippen LogP contribution in [0, 0.1) is 5.92 Å². The molecule has 166 valence electrons. The molecule has 0 bridgehead atoms. The summed E-state index contributed by atoms with van der Waals surface area (Å²) in [6.45, 7) is 3.51. The van der Waals surface area contributed by atoms with E-state index >= 15 is 0 Å². The van der Waals surface area contributed by atoms with Crippen LogP contribution in [-0.4, -0.2) is 55.7 Å². The lowest BCUT2D eigenvalue weighted by Crippen LogP contribution is -2.45. The molecule has 4 rings (SSSR count). The van der Waals surface area contributed by atoms with Gasteiger partial charge in [-0.05, 0) is 49.7 Å². The average Bonchev–Trinajstić information content (AvgIpc) is 3.12. The van der Waals surface area contributed by atoms with E-state index in [1.54, 1.807) is 6.07 Å². The molecule has 2 aromatic carbocycles. The second kappa shape index (κ2) is 9.78. The number of likely N-dealkylation sites (tertiary alicyclic amines) is 1. The summed E-state index contributed by atoms with van der Waals surface area (Å²) in [6, 6.07) is 11.6. The third-order valence-corrected chi connectivity index (χ3v) is 7.00. The second-order valence-corrected chi connectivity index (χ2v) is 9.28. The highest BCUT2D eigenvalue weighted by Crippen LogP contribution is 2.46. The first-order chi connectivity index (χ1) is 15.0. The van der Waals surface area contributed by atoms with Gasteiger partial charge in [0.25, 0.3) is 0 Å². The van der Waals surface area contributed by atoms with E-state index < -0.39 is 0 Å². The Balaban J connectivity index is 1.34. The predicted molar refractivity (Wildman–Crippen MR) is 122 cm³/mol. The summed E-state index contributed by atoms with van der Waals surface area (Å²) in [5.41, 5.74) is 2.28. The minimum Gasteiger partial charge on any atom is -0.493 e. The summed E-state index contributed by atoms with van der Waals surface area (Å²) in [4.78, 5) is 13.3. The van der Waals surface area contributed by atoms with Crippen LogP contribution in [0.1, 0.15) is 24.0 Å². The van der Waals surface area contributed by atoms with Crippen molar-refractivity contribution in [3.63, 3.8) is 0 Å². The number of hydrogen-bond acceptors (Lipinski definition) is 5. The molecule has 7 heteroatoms. The zero-order valence-electron chi connectivity index (χ0n) is 17.4. The number of benzene rings is 2. The van der Waals surface area contributed by atoms with E-state index in [0.717, 1.165) is 49.3 Å². The van der Waals surface area contributed by atoms with Gasteiger partial charge in [-0.1, -0.05) is 35.3 Å². The van der Waals surface area contributed by atoms with Gasteiger partial charge in [-0.15, -0.1) is 0 Å². The maximum atomic E-state index is 11.0. The minimum absolute atomic E-state index is 0.0249. The van der Waals surface area contributed by atoms with Crippen LogP contribution in [0.3, 0.4) is 0 Å². The van der Waals surface area contributed by atoms with E-state index in [4.69, 9.17) is 32.7 Å². The van der Waals surface area contributed by atoms with Crippen LogP contribution in [0.4, 0.5) is 0 Å². The van der Waals surface area contributed by atoms with Gasteiger partial charge in [0.15, 0.2) is 0 Å². The Morgan fingerprint density at radius 2 is 2.00 bits per heavy atom. The van der Waals surface area contributed by atoms with Crippen molar-refractivity contribution in [3.05, 3.63) is 57.6 Å². The van der Waals surface area contributed by atoms with Crippen LogP contribution in [0.15, 0.2) is 36.4 Å². The normalized spacial score (nSPS) is 18.4. The highest BCUT2D eigenvalue weighted by atomic mass is 35.5. The lowest BCUT2D eigenvalue weighted by molar-refractivity contribution is -0.112. The summed E-state index contributed by atoms with van der Waals surface area (Å²) in [5.74, 6) is 1.38. The van der Waals surface area contributed by atoms with Crippen molar-refractivity contribution in [2.75, 3.05) is 39.5 Å². The standard InChI is InChI=1S/C24H27Cl2NO4/c25-19-2-1-18(22(26)11-19)5-10-30-20-3-4-21-23(12-20)31-16-24(21)6-8-27(9-7-24)13-17(14-28)15-29/h1-4,11-12,14,17,29H,5-10,13,15-16H2. The van der Waals surface area contributed by atoms with Crippen LogP contribution in [0.2, 0.25) is 10.0 Å². The van der Waals surface area contributed by atoms with Crippen molar-refractivity contribution in [1.29, 1.82) is 0 Å². The molecule has 2 aromatic rings. The Bertz CT molecular complexity index is 928. The van der Waals surface area contributed by atoms with Crippen LogP contribution >= 0.6 is 23.2 Å². The number of fused-ring (bicyclic) bond motifs is 2. The molecule has 2 heterocycles. The molecule has 31 heavy (non-hydrogen) atoms. The number of aldehydes is 1. The number of aliphatic hydroxyl groups excluding tert-OH is 1. The lowest BCUT2D eigenvalue weighted by Gasteiger charge is -2.39. The largest absolute Gasteiger partial charge is 0.493 e. The molecule has 0 radical (unpaired) electrons. The molecule has 2 aliphatic heterocycles. The lowest BCUT2D eigenvalue weighted by atomic mass is 9.74. The van der Waals surface area contributed by atoms with Gasteiger partial charge >= 0.3 is 0 Å². The maximum Gasteiger partial charge on any atom is 0.126 e. The van der Waals surface area contributed by atoms with Gasteiger partial charge in [-0.25, -0.2) is 0 Å². The van der Waals surface area contributed by atoms with Crippen molar-refractivity contribution < 1.29 is 19.4 Å². The van der Waals surface area contributed by atoms with Gasteiger partial charge in [0.1, 0.15) is 17.8 Å². The highest BCUT2D eigenvalue weighted by Gasteiger charge is 2.43. The number of carbonyl (C=O) groups excluding carboxylic acids is 1. The van der Waals surface area contributed by atoms with Crippen LogP contribution in [-0.2, 0) is 16.6 Å². The third-order valence-electron chi connectivity index (χ3n) is 6.42. The molecule has 0 aromatic heterocycles. The number of rotatable bonds is 8. The number of halogens is 2. The van der Waals surface area contributed by atoms with Crippen molar-refractivity contribution in [3.8, 4) is 11.5 Å². The summed E-state index contributed by atoms with van der Waals surface area (Å²) < 4.78 is 12.0. The number of hydrogen-bond donors (Lipinski definition) is 1. The second-order valence-electron chi connectivity index (χ2n) is 8.44. The molecule has 0 amide bonds. The quantitative estimate of drug-likeness (QED) is 0.595. The monoisotopic (exact) mass is 463 g/mol. The third kappa shape index (κ3) is 5.01. The Labute approximate surface area is 192 Å². The fourth-order valence-corrected chi connectivity index (χ4v) is 5.00. The number of ether oxygens (including phenoxy) is 2. The highest BCUT2D eigenvalue weighted by molar-refractivity contribution is 6.35. The zero-order chi connectivity index (χ0) is 21.8. The van der Waals surface area contributed by atoms with E-state index in [-0.39, 0.29) is 17.9 Å². The Hall–Kier alpha value is -1.79. The van der Waals surface area contributed by atoms with Gasteiger partial charge in [-0.3, -0.25) is 0 Å². The summed E-state index contributed by atoms with van der Waals surface area (Å²) >= 11 is 12.2. The first-order valence-corrected chi connectivity index (χ1v) is 11.4. The molecular formula is C24H27Cl2NO4. The van der Waals surface area contributed by atoms with Crippen molar-refractivity contribution in [1.82, 2.24) is 4.90 Å². The molecule has 0 aliphatic carbocycles. The summed E-state index contributed by atoms with van der Waals surface area (Å²) in [7, 11) is 0. The smallest absolute Gasteiger partial charge is 0.126 e.